The van der Waals surface area contributed by atoms with Crippen LogP contribution in [-0.4, -0.2) is 39.0 Å². The molecule has 0 saturated carbocycles. The van der Waals surface area contributed by atoms with Crippen molar-refractivity contribution in [1.29, 1.82) is 0 Å². The SMILES string of the molecule is CCN1C(=O)NC(=O)C(=Cc2cc(C)n(-c3ccc(O)cc3)c2C)C1=O. The van der Waals surface area contributed by atoms with Gasteiger partial charge in [-0.1, -0.05) is 0 Å². The number of likely N-dealkylation sites (N-methyl/N-ethyl adjacent to an activating group) is 1. The summed E-state index contributed by atoms with van der Waals surface area (Å²) < 4.78 is 1.96. The number of urea groups is 1. The third-order valence-corrected chi connectivity index (χ3v) is 4.38. The van der Waals surface area contributed by atoms with Crippen LogP contribution in [0.1, 0.15) is 23.9 Å². The van der Waals surface area contributed by atoms with Crippen molar-refractivity contribution >= 4 is 23.9 Å². The molecule has 134 valence electrons. The van der Waals surface area contributed by atoms with E-state index in [1.807, 2.05) is 24.5 Å². The van der Waals surface area contributed by atoms with Crippen LogP contribution >= 0.6 is 0 Å². The Hall–Kier alpha value is -3.35. The number of phenolic OH excluding ortho intramolecular Hbond substituents is 1. The predicted molar refractivity (Wildman–Crippen MR) is 95.8 cm³/mol. The molecule has 26 heavy (non-hydrogen) atoms. The molecule has 1 fully saturated rings. The quantitative estimate of drug-likeness (QED) is 0.654. The summed E-state index contributed by atoms with van der Waals surface area (Å²) in [4.78, 5) is 37.2. The van der Waals surface area contributed by atoms with Crippen LogP contribution in [0.5, 0.6) is 5.75 Å². The van der Waals surface area contributed by atoms with E-state index in [1.165, 1.54) is 6.08 Å². The highest BCUT2D eigenvalue weighted by molar-refractivity contribution is 6.31. The summed E-state index contributed by atoms with van der Waals surface area (Å²) >= 11 is 0. The lowest BCUT2D eigenvalue weighted by molar-refractivity contribution is -0.129. The van der Waals surface area contributed by atoms with Crippen molar-refractivity contribution in [3.63, 3.8) is 0 Å². The summed E-state index contributed by atoms with van der Waals surface area (Å²) in [5.41, 5.74) is 3.23. The molecule has 2 heterocycles. The first-order chi connectivity index (χ1) is 12.3. The number of nitrogens with zero attached hydrogens (tertiary/aromatic N) is 2. The van der Waals surface area contributed by atoms with Crippen molar-refractivity contribution in [2.75, 3.05) is 6.54 Å². The van der Waals surface area contributed by atoms with Gasteiger partial charge in [-0.2, -0.15) is 0 Å². The predicted octanol–water partition coefficient (Wildman–Crippen LogP) is 2.28. The highest BCUT2D eigenvalue weighted by Gasteiger charge is 2.34. The minimum absolute atomic E-state index is 0.0718. The number of hydrogen-bond acceptors (Lipinski definition) is 4. The second kappa shape index (κ2) is 6.51. The number of rotatable bonds is 3. The van der Waals surface area contributed by atoms with Gasteiger partial charge in [0.2, 0.25) is 0 Å². The van der Waals surface area contributed by atoms with E-state index in [4.69, 9.17) is 0 Å². The second-order valence-electron chi connectivity index (χ2n) is 6.04. The summed E-state index contributed by atoms with van der Waals surface area (Å²) in [5, 5.41) is 11.6. The lowest BCUT2D eigenvalue weighted by Gasteiger charge is -2.24. The first-order valence-electron chi connectivity index (χ1n) is 8.20. The Bertz CT molecular complexity index is 938. The van der Waals surface area contributed by atoms with Gasteiger partial charge in [-0.25, -0.2) is 4.79 Å². The largest absolute Gasteiger partial charge is 0.508 e. The zero-order chi connectivity index (χ0) is 19.0. The van der Waals surface area contributed by atoms with Crippen LogP contribution in [0.3, 0.4) is 0 Å². The Labute approximate surface area is 150 Å². The van der Waals surface area contributed by atoms with Crippen LogP contribution in [-0.2, 0) is 9.59 Å². The lowest BCUT2D eigenvalue weighted by Crippen LogP contribution is -2.53. The fourth-order valence-electron chi connectivity index (χ4n) is 3.07. The second-order valence-corrected chi connectivity index (χ2v) is 6.04. The molecule has 1 aliphatic heterocycles. The summed E-state index contributed by atoms with van der Waals surface area (Å²) in [7, 11) is 0. The molecule has 3 rings (SSSR count). The number of benzene rings is 1. The average molecular weight is 353 g/mol. The fourth-order valence-corrected chi connectivity index (χ4v) is 3.07. The molecule has 0 aliphatic carbocycles. The van der Waals surface area contributed by atoms with Crippen LogP contribution in [0, 0.1) is 13.8 Å². The third-order valence-electron chi connectivity index (χ3n) is 4.38. The molecule has 0 radical (unpaired) electrons. The molecule has 1 aliphatic rings. The van der Waals surface area contributed by atoms with Gasteiger partial charge in [0.1, 0.15) is 11.3 Å². The van der Waals surface area contributed by atoms with E-state index >= 15 is 0 Å². The van der Waals surface area contributed by atoms with E-state index < -0.39 is 17.8 Å². The molecule has 2 N–H and O–H groups in total. The lowest BCUT2D eigenvalue weighted by atomic mass is 10.1. The monoisotopic (exact) mass is 353 g/mol. The topological polar surface area (TPSA) is 91.6 Å². The number of amides is 4. The number of phenols is 1. The van der Waals surface area contributed by atoms with E-state index in [1.54, 1.807) is 31.2 Å². The van der Waals surface area contributed by atoms with Crippen molar-refractivity contribution in [2.45, 2.75) is 20.8 Å². The Balaban J connectivity index is 2.05. The third kappa shape index (κ3) is 2.88. The molecule has 0 unspecified atom stereocenters. The number of aryl methyl sites for hydroxylation is 1. The maximum absolute atomic E-state index is 12.4. The van der Waals surface area contributed by atoms with E-state index in [9.17, 15) is 19.5 Å². The Morgan fingerprint density at radius 2 is 1.77 bits per heavy atom. The van der Waals surface area contributed by atoms with Gasteiger partial charge in [0.15, 0.2) is 0 Å². The molecule has 1 aromatic heterocycles. The first kappa shape index (κ1) is 17.5. The standard InChI is InChI=1S/C19H19N3O4/c1-4-21-18(25)16(17(24)20-19(21)26)10-13-9-11(2)22(12(13)3)14-5-7-15(23)8-6-14/h5-10,23H,4H2,1-3H3,(H,20,24,26). The van der Waals surface area contributed by atoms with Gasteiger partial charge < -0.3 is 9.67 Å². The summed E-state index contributed by atoms with van der Waals surface area (Å²) in [6.45, 7) is 5.64. The summed E-state index contributed by atoms with van der Waals surface area (Å²) in [6.07, 6.45) is 1.51. The molecule has 7 nitrogen and oxygen atoms in total. The Morgan fingerprint density at radius 3 is 2.38 bits per heavy atom. The molecular weight excluding hydrogens is 334 g/mol. The smallest absolute Gasteiger partial charge is 0.331 e. The number of aromatic hydroxyl groups is 1. The Kier molecular flexibility index (Phi) is 4.38. The number of carbonyl (C=O) groups is 3. The van der Waals surface area contributed by atoms with E-state index in [0.717, 1.165) is 22.0 Å². The number of aromatic nitrogens is 1. The van der Waals surface area contributed by atoms with Gasteiger partial charge in [-0.15, -0.1) is 0 Å². The van der Waals surface area contributed by atoms with Crippen molar-refractivity contribution < 1.29 is 19.5 Å². The van der Waals surface area contributed by atoms with Gasteiger partial charge in [0.25, 0.3) is 11.8 Å². The fraction of sp³-hybridized carbons (Fsp3) is 0.211. The van der Waals surface area contributed by atoms with Crippen molar-refractivity contribution in [3.05, 3.63) is 52.9 Å². The maximum atomic E-state index is 12.4. The molecule has 0 bridgehead atoms. The number of hydrogen-bond donors (Lipinski definition) is 2. The van der Waals surface area contributed by atoms with Crippen LogP contribution in [0.4, 0.5) is 4.79 Å². The van der Waals surface area contributed by atoms with Crippen molar-refractivity contribution in [2.24, 2.45) is 0 Å². The van der Waals surface area contributed by atoms with Gasteiger partial charge in [-0.3, -0.25) is 19.8 Å². The van der Waals surface area contributed by atoms with Crippen LogP contribution in [0.2, 0.25) is 0 Å². The normalized spacial score (nSPS) is 16.3. The number of carbonyl (C=O) groups excluding carboxylic acids is 3. The molecule has 4 amide bonds. The number of imide groups is 2. The van der Waals surface area contributed by atoms with Gasteiger partial charge in [-0.05, 0) is 62.7 Å². The van der Waals surface area contributed by atoms with Crippen LogP contribution in [0.25, 0.3) is 11.8 Å². The number of barbiturate groups is 1. The minimum atomic E-state index is -0.700. The van der Waals surface area contributed by atoms with Gasteiger partial charge in [0, 0.05) is 23.6 Å². The zero-order valence-corrected chi connectivity index (χ0v) is 14.7. The van der Waals surface area contributed by atoms with Gasteiger partial charge in [0.05, 0.1) is 0 Å². The molecular formula is C19H19N3O4. The molecule has 2 aromatic rings. The highest BCUT2D eigenvalue weighted by Crippen LogP contribution is 2.25. The molecule has 0 spiro atoms. The number of nitrogens with one attached hydrogen (secondary N) is 1. The molecule has 7 heteroatoms. The van der Waals surface area contributed by atoms with E-state index in [2.05, 4.69) is 5.32 Å². The van der Waals surface area contributed by atoms with Crippen molar-refractivity contribution in [3.8, 4) is 11.4 Å². The zero-order valence-electron chi connectivity index (χ0n) is 14.7. The van der Waals surface area contributed by atoms with Crippen LogP contribution < -0.4 is 5.32 Å². The van der Waals surface area contributed by atoms with E-state index in [0.29, 0.717) is 5.56 Å². The first-order valence-corrected chi connectivity index (χ1v) is 8.20. The summed E-state index contributed by atoms with van der Waals surface area (Å²) in [6, 6.07) is 7.91. The Morgan fingerprint density at radius 1 is 1.12 bits per heavy atom. The highest BCUT2D eigenvalue weighted by atomic mass is 16.3. The molecule has 1 aromatic carbocycles. The molecule has 1 saturated heterocycles. The maximum Gasteiger partial charge on any atom is 0.331 e. The minimum Gasteiger partial charge on any atom is -0.508 e. The van der Waals surface area contributed by atoms with Crippen molar-refractivity contribution in [1.82, 2.24) is 14.8 Å². The average Bonchev–Trinajstić information content (AvgIpc) is 2.86. The summed E-state index contributed by atoms with van der Waals surface area (Å²) in [5.74, 6) is -1.12. The van der Waals surface area contributed by atoms with E-state index in [-0.39, 0.29) is 17.9 Å². The van der Waals surface area contributed by atoms with Crippen LogP contribution in [0.15, 0.2) is 35.9 Å². The molecule has 0 atom stereocenters. The van der Waals surface area contributed by atoms with Gasteiger partial charge >= 0.3 is 6.03 Å².